The number of hydrogen-bond donors (Lipinski definition) is 2. The van der Waals surface area contributed by atoms with Gasteiger partial charge in [-0.2, -0.15) is 5.10 Å². The first kappa shape index (κ1) is 12.3. The molecule has 0 bridgehead atoms. The molecule has 1 atom stereocenters. The molecule has 0 aliphatic carbocycles. The zero-order chi connectivity index (χ0) is 12.1. The summed E-state index contributed by atoms with van der Waals surface area (Å²) in [6, 6.07) is 2.52. The number of nitrogens with zero attached hydrogens (tertiary/aromatic N) is 3. The Hall–Kier alpha value is -1.20. The molecule has 1 fully saturated rings. The zero-order valence-corrected chi connectivity index (χ0v) is 10.3. The van der Waals surface area contributed by atoms with E-state index >= 15 is 0 Å². The van der Waals surface area contributed by atoms with Crippen LogP contribution in [0.1, 0.15) is 18.4 Å². The summed E-state index contributed by atoms with van der Waals surface area (Å²) in [6.07, 6.45) is 4.17. The summed E-state index contributed by atoms with van der Waals surface area (Å²) in [5, 5.41) is 20.7. The van der Waals surface area contributed by atoms with Gasteiger partial charge in [-0.25, -0.2) is 0 Å². The molecule has 0 radical (unpaired) electrons. The summed E-state index contributed by atoms with van der Waals surface area (Å²) in [6.45, 7) is 4.73. The fraction of sp³-hybridized carbons (Fsp3) is 0.667. The van der Waals surface area contributed by atoms with E-state index in [4.69, 9.17) is 5.11 Å². The molecule has 1 aliphatic rings. The average Bonchev–Trinajstić information content (AvgIpc) is 2.81. The van der Waals surface area contributed by atoms with E-state index in [9.17, 15) is 0 Å². The molecule has 0 aromatic carbocycles. The number of aliphatic hydroxyl groups is 1. The molecule has 0 amide bonds. The minimum absolute atomic E-state index is 0.141. The highest BCUT2D eigenvalue weighted by molar-refractivity contribution is 5.39. The molecule has 1 aromatic heterocycles. The summed E-state index contributed by atoms with van der Waals surface area (Å²) in [5.74, 6) is 0.854. The Bertz CT molecular complexity index is 352. The summed E-state index contributed by atoms with van der Waals surface area (Å²) >= 11 is 0. The Labute approximate surface area is 102 Å². The minimum Gasteiger partial charge on any atom is -0.395 e. The van der Waals surface area contributed by atoms with Crippen LogP contribution in [0, 0.1) is 6.92 Å². The van der Waals surface area contributed by atoms with Crippen molar-refractivity contribution in [3.8, 4) is 0 Å². The van der Waals surface area contributed by atoms with Gasteiger partial charge in [0.15, 0.2) is 5.82 Å². The minimum atomic E-state index is 0.141. The zero-order valence-electron chi connectivity index (χ0n) is 10.3. The van der Waals surface area contributed by atoms with Gasteiger partial charge in [-0.05, 0) is 37.9 Å². The monoisotopic (exact) mass is 236 g/mol. The third-order valence-corrected chi connectivity index (χ3v) is 3.08. The maximum Gasteiger partial charge on any atom is 0.151 e. The van der Waals surface area contributed by atoms with E-state index in [2.05, 4.69) is 20.4 Å². The van der Waals surface area contributed by atoms with Crippen molar-refractivity contribution in [2.24, 2.45) is 0 Å². The quantitative estimate of drug-likeness (QED) is 0.772. The van der Waals surface area contributed by atoms with E-state index in [-0.39, 0.29) is 6.61 Å². The summed E-state index contributed by atoms with van der Waals surface area (Å²) in [7, 11) is 0. The molecule has 1 saturated heterocycles. The van der Waals surface area contributed by atoms with Gasteiger partial charge < -0.3 is 15.3 Å². The second-order valence-corrected chi connectivity index (χ2v) is 4.55. The van der Waals surface area contributed by atoms with Crippen LogP contribution in [0.3, 0.4) is 0 Å². The molecule has 2 N–H and O–H groups in total. The van der Waals surface area contributed by atoms with Crippen molar-refractivity contribution < 1.29 is 5.11 Å². The van der Waals surface area contributed by atoms with Gasteiger partial charge >= 0.3 is 0 Å². The predicted molar refractivity (Wildman–Crippen MR) is 67.1 cm³/mol. The van der Waals surface area contributed by atoms with Crippen molar-refractivity contribution in [3.05, 3.63) is 17.8 Å². The standard InChI is InChI=1S/C12H20N4O/c1-10-7-12(15-14-8-10)16(5-6-17)9-11-3-2-4-13-11/h7-8,11,13,17H,2-6,9H2,1H3. The highest BCUT2D eigenvalue weighted by atomic mass is 16.3. The van der Waals surface area contributed by atoms with Crippen LogP contribution in [-0.4, -0.2) is 47.6 Å². The smallest absolute Gasteiger partial charge is 0.151 e. The molecule has 0 saturated carbocycles. The number of aliphatic hydroxyl groups excluding tert-OH is 1. The molecule has 1 unspecified atom stereocenters. The first-order chi connectivity index (χ1) is 8.29. The summed E-state index contributed by atoms with van der Waals surface area (Å²) in [5.41, 5.74) is 1.09. The van der Waals surface area contributed by atoms with Crippen LogP contribution in [0.25, 0.3) is 0 Å². The van der Waals surface area contributed by atoms with E-state index in [0.717, 1.165) is 24.5 Å². The van der Waals surface area contributed by atoms with Crippen LogP contribution in [0.2, 0.25) is 0 Å². The van der Waals surface area contributed by atoms with Crippen molar-refractivity contribution in [1.29, 1.82) is 0 Å². The average molecular weight is 236 g/mol. The first-order valence-corrected chi connectivity index (χ1v) is 6.18. The van der Waals surface area contributed by atoms with Gasteiger partial charge in [-0.1, -0.05) is 0 Å². The molecule has 17 heavy (non-hydrogen) atoms. The van der Waals surface area contributed by atoms with Crippen molar-refractivity contribution in [2.75, 3.05) is 31.1 Å². The van der Waals surface area contributed by atoms with Gasteiger partial charge in [-0.15, -0.1) is 5.10 Å². The molecule has 1 aliphatic heterocycles. The van der Waals surface area contributed by atoms with Crippen LogP contribution >= 0.6 is 0 Å². The van der Waals surface area contributed by atoms with E-state index in [1.54, 1.807) is 6.20 Å². The van der Waals surface area contributed by atoms with E-state index < -0.39 is 0 Å². The van der Waals surface area contributed by atoms with E-state index in [1.807, 2.05) is 13.0 Å². The molecule has 1 aromatic rings. The predicted octanol–water partition coefficient (Wildman–Crippen LogP) is 0.336. The maximum atomic E-state index is 9.13. The maximum absolute atomic E-state index is 9.13. The first-order valence-electron chi connectivity index (χ1n) is 6.18. The number of aryl methyl sites for hydroxylation is 1. The van der Waals surface area contributed by atoms with Gasteiger partial charge in [-0.3, -0.25) is 0 Å². The molecular formula is C12H20N4O. The SMILES string of the molecule is Cc1cnnc(N(CCO)CC2CCCN2)c1. The van der Waals surface area contributed by atoms with Crippen molar-refractivity contribution in [3.63, 3.8) is 0 Å². The number of aromatic nitrogens is 2. The lowest BCUT2D eigenvalue weighted by Crippen LogP contribution is -2.39. The van der Waals surface area contributed by atoms with Gasteiger partial charge in [0.2, 0.25) is 0 Å². The Balaban J connectivity index is 2.04. The largest absolute Gasteiger partial charge is 0.395 e. The van der Waals surface area contributed by atoms with Crippen molar-refractivity contribution in [1.82, 2.24) is 15.5 Å². The molecule has 2 rings (SSSR count). The Morgan fingerprint density at radius 3 is 3.12 bits per heavy atom. The topological polar surface area (TPSA) is 61.3 Å². The van der Waals surface area contributed by atoms with Gasteiger partial charge in [0.1, 0.15) is 0 Å². The lowest BCUT2D eigenvalue weighted by molar-refractivity contribution is 0.300. The van der Waals surface area contributed by atoms with Crippen molar-refractivity contribution >= 4 is 5.82 Å². The summed E-state index contributed by atoms with van der Waals surface area (Å²) in [4.78, 5) is 2.10. The normalized spacial score (nSPS) is 19.5. The fourth-order valence-corrected chi connectivity index (χ4v) is 2.20. The second kappa shape index (κ2) is 5.93. The number of nitrogens with one attached hydrogen (secondary N) is 1. The molecule has 5 heteroatoms. The lowest BCUT2D eigenvalue weighted by Gasteiger charge is -2.25. The van der Waals surface area contributed by atoms with Gasteiger partial charge in [0, 0.05) is 19.1 Å². The van der Waals surface area contributed by atoms with Gasteiger partial charge in [0.05, 0.1) is 12.8 Å². The fourth-order valence-electron chi connectivity index (χ4n) is 2.20. The number of anilines is 1. The Kier molecular flexibility index (Phi) is 4.28. The molecular weight excluding hydrogens is 216 g/mol. The molecule has 94 valence electrons. The Morgan fingerprint density at radius 2 is 2.47 bits per heavy atom. The van der Waals surface area contributed by atoms with Crippen LogP contribution in [0.5, 0.6) is 0 Å². The summed E-state index contributed by atoms with van der Waals surface area (Å²) < 4.78 is 0. The van der Waals surface area contributed by atoms with E-state index in [1.165, 1.54) is 12.8 Å². The highest BCUT2D eigenvalue weighted by Crippen LogP contribution is 2.14. The Morgan fingerprint density at radius 1 is 1.59 bits per heavy atom. The number of hydrogen-bond acceptors (Lipinski definition) is 5. The van der Waals surface area contributed by atoms with Crippen LogP contribution in [-0.2, 0) is 0 Å². The van der Waals surface area contributed by atoms with Gasteiger partial charge in [0.25, 0.3) is 0 Å². The highest BCUT2D eigenvalue weighted by Gasteiger charge is 2.18. The molecule has 2 heterocycles. The van der Waals surface area contributed by atoms with Crippen LogP contribution < -0.4 is 10.2 Å². The lowest BCUT2D eigenvalue weighted by atomic mass is 10.2. The third-order valence-electron chi connectivity index (χ3n) is 3.08. The number of rotatable bonds is 5. The second-order valence-electron chi connectivity index (χ2n) is 4.55. The van der Waals surface area contributed by atoms with E-state index in [0.29, 0.717) is 12.6 Å². The third kappa shape index (κ3) is 3.38. The van der Waals surface area contributed by atoms with Crippen molar-refractivity contribution in [2.45, 2.75) is 25.8 Å². The molecule has 5 nitrogen and oxygen atoms in total. The molecule has 0 spiro atoms. The van der Waals surface area contributed by atoms with Crippen LogP contribution in [0.15, 0.2) is 12.3 Å². The van der Waals surface area contributed by atoms with Crippen LogP contribution in [0.4, 0.5) is 5.82 Å².